The molecule has 164 valence electrons. The molecule has 2 aromatic rings. The first-order valence-electron chi connectivity index (χ1n) is 10.5. The van der Waals surface area contributed by atoms with Crippen molar-refractivity contribution in [1.29, 1.82) is 0 Å². The van der Waals surface area contributed by atoms with Crippen LogP contribution in [-0.4, -0.2) is 73.8 Å². The van der Waals surface area contributed by atoms with E-state index in [0.29, 0.717) is 32.7 Å². The third-order valence-corrected chi connectivity index (χ3v) is 5.64. The van der Waals surface area contributed by atoms with Gasteiger partial charge < -0.3 is 24.4 Å². The summed E-state index contributed by atoms with van der Waals surface area (Å²) in [5.74, 6) is -1.57. The summed E-state index contributed by atoms with van der Waals surface area (Å²) in [4.78, 5) is 40.2. The molecule has 31 heavy (non-hydrogen) atoms. The number of esters is 1. The molecule has 2 atom stereocenters. The van der Waals surface area contributed by atoms with Crippen LogP contribution in [0, 0.1) is 0 Å². The maximum Gasteiger partial charge on any atom is 0.350 e. The van der Waals surface area contributed by atoms with Crippen LogP contribution >= 0.6 is 0 Å². The van der Waals surface area contributed by atoms with Crippen LogP contribution in [0.2, 0.25) is 0 Å². The molecular weight excluding hydrogens is 400 g/mol. The van der Waals surface area contributed by atoms with Crippen molar-refractivity contribution in [2.45, 2.75) is 25.0 Å². The molecule has 2 aliphatic rings. The maximum absolute atomic E-state index is 13.3. The van der Waals surface area contributed by atoms with Gasteiger partial charge in [-0.15, -0.1) is 0 Å². The van der Waals surface area contributed by atoms with Gasteiger partial charge in [-0.1, -0.05) is 42.5 Å². The lowest BCUT2D eigenvalue weighted by molar-refractivity contribution is -0.155. The van der Waals surface area contributed by atoms with E-state index in [2.05, 4.69) is 5.32 Å². The van der Waals surface area contributed by atoms with Gasteiger partial charge in [-0.2, -0.15) is 0 Å². The van der Waals surface area contributed by atoms with Crippen LogP contribution in [0.5, 0.6) is 0 Å². The zero-order valence-electron chi connectivity index (χ0n) is 17.5. The average Bonchev–Trinajstić information content (AvgIpc) is 3.61. The molecule has 2 amide bonds. The molecular formula is C23H26N2O6. The van der Waals surface area contributed by atoms with E-state index in [1.807, 2.05) is 42.5 Å². The fourth-order valence-electron chi connectivity index (χ4n) is 3.83. The topological polar surface area (TPSA) is 97.5 Å². The molecule has 4 rings (SSSR count). The van der Waals surface area contributed by atoms with E-state index in [-0.39, 0.29) is 19.1 Å². The lowest BCUT2D eigenvalue weighted by Crippen LogP contribution is -2.56. The summed E-state index contributed by atoms with van der Waals surface area (Å²) in [6, 6.07) is 12.9. The van der Waals surface area contributed by atoms with E-state index >= 15 is 0 Å². The summed E-state index contributed by atoms with van der Waals surface area (Å²) in [5, 5.41) is 4.84. The molecule has 0 unspecified atom stereocenters. The second kappa shape index (κ2) is 9.03. The highest BCUT2D eigenvalue weighted by molar-refractivity contribution is 6.10. The first-order chi connectivity index (χ1) is 15.0. The van der Waals surface area contributed by atoms with Crippen molar-refractivity contribution in [3.05, 3.63) is 48.0 Å². The molecule has 1 N–H and O–H groups in total. The summed E-state index contributed by atoms with van der Waals surface area (Å²) in [6.45, 7) is 3.58. The molecule has 2 saturated heterocycles. The van der Waals surface area contributed by atoms with Crippen LogP contribution < -0.4 is 5.32 Å². The van der Waals surface area contributed by atoms with Crippen molar-refractivity contribution >= 4 is 28.6 Å². The van der Waals surface area contributed by atoms with E-state index < -0.39 is 23.5 Å². The van der Waals surface area contributed by atoms with Crippen molar-refractivity contribution in [2.75, 3.05) is 39.5 Å². The Bertz CT molecular complexity index is 976. The number of rotatable bonds is 7. The minimum Gasteiger partial charge on any atom is -0.463 e. The lowest BCUT2D eigenvalue weighted by Gasteiger charge is -2.31. The van der Waals surface area contributed by atoms with Crippen LogP contribution in [0.1, 0.15) is 12.5 Å². The molecule has 0 radical (unpaired) electrons. The Morgan fingerprint density at radius 2 is 1.84 bits per heavy atom. The van der Waals surface area contributed by atoms with Crippen LogP contribution in [0.15, 0.2) is 42.5 Å². The Kier molecular flexibility index (Phi) is 6.20. The SMILES string of the molecule is CCOC(=O)[C@@]1(C(=O)N[C@@H](Cc2cccc3ccccc23)C(=O)N2CCOCC2)CO1. The second-order valence-corrected chi connectivity index (χ2v) is 7.64. The van der Waals surface area contributed by atoms with Gasteiger partial charge in [-0.25, -0.2) is 4.79 Å². The van der Waals surface area contributed by atoms with Crippen molar-refractivity contribution < 1.29 is 28.6 Å². The smallest absolute Gasteiger partial charge is 0.350 e. The van der Waals surface area contributed by atoms with Gasteiger partial charge in [-0.05, 0) is 23.3 Å². The van der Waals surface area contributed by atoms with Gasteiger partial charge in [0.25, 0.3) is 11.5 Å². The Morgan fingerprint density at radius 3 is 2.55 bits per heavy atom. The number of carbonyl (C=O) groups excluding carboxylic acids is 3. The summed E-state index contributed by atoms with van der Waals surface area (Å²) >= 11 is 0. The normalized spacial score (nSPS) is 21.4. The molecule has 8 heteroatoms. The number of hydrogen-bond donors (Lipinski definition) is 1. The number of carbonyl (C=O) groups is 3. The zero-order valence-corrected chi connectivity index (χ0v) is 17.5. The molecule has 0 bridgehead atoms. The Labute approximate surface area is 180 Å². The number of epoxide rings is 1. The number of nitrogens with one attached hydrogen (secondary N) is 1. The van der Waals surface area contributed by atoms with Gasteiger partial charge in [0, 0.05) is 19.5 Å². The fraction of sp³-hybridized carbons (Fsp3) is 0.435. The molecule has 2 heterocycles. The van der Waals surface area contributed by atoms with Crippen LogP contribution in [0.25, 0.3) is 10.8 Å². The predicted octanol–water partition coefficient (Wildman–Crippen LogP) is 1.06. The Balaban J connectivity index is 1.59. The fourth-order valence-corrected chi connectivity index (χ4v) is 3.83. The molecule has 0 saturated carbocycles. The largest absolute Gasteiger partial charge is 0.463 e. The van der Waals surface area contributed by atoms with Gasteiger partial charge in [0.1, 0.15) is 6.04 Å². The van der Waals surface area contributed by atoms with E-state index in [4.69, 9.17) is 14.2 Å². The number of benzene rings is 2. The number of nitrogens with zero attached hydrogens (tertiary/aromatic N) is 1. The summed E-state index contributed by atoms with van der Waals surface area (Å²) in [5.41, 5.74) is -0.718. The molecule has 2 aromatic carbocycles. The molecule has 0 spiro atoms. The second-order valence-electron chi connectivity index (χ2n) is 7.64. The summed E-state index contributed by atoms with van der Waals surface area (Å²) in [6.07, 6.45) is 0.294. The maximum atomic E-state index is 13.3. The highest BCUT2D eigenvalue weighted by Gasteiger charge is 2.61. The van der Waals surface area contributed by atoms with Crippen molar-refractivity contribution in [2.24, 2.45) is 0 Å². The molecule has 2 aliphatic heterocycles. The molecule has 8 nitrogen and oxygen atoms in total. The van der Waals surface area contributed by atoms with Crippen LogP contribution in [0.4, 0.5) is 0 Å². The Morgan fingerprint density at radius 1 is 1.13 bits per heavy atom. The van der Waals surface area contributed by atoms with Crippen LogP contribution in [0.3, 0.4) is 0 Å². The quantitative estimate of drug-likeness (QED) is 0.404. The zero-order chi connectivity index (χ0) is 21.8. The monoisotopic (exact) mass is 426 g/mol. The number of ether oxygens (including phenoxy) is 3. The van der Waals surface area contributed by atoms with Gasteiger partial charge in [0.15, 0.2) is 0 Å². The highest BCUT2D eigenvalue weighted by atomic mass is 16.6. The van der Waals surface area contributed by atoms with E-state index in [1.165, 1.54) is 0 Å². The number of amides is 2. The standard InChI is InChI=1S/C23H26N2O6/c1-2-30-22(28)23(15-31-23)21(27)24-19(20(26)25-10-12-29-13-11-25)14-17-8-5-7-16-6-3-4-9-18(16)17/h3-9,19H,2,10-15H2,1H3,(H,24,27)/t19-,23-/m0/s1. The summed E-state index contributed by atoms with van der Waals surface area (Å²) < 4.78 is 15.5. The number of hydrogen-bond acceptors (Lipinski definition) is 6. The first-order valence-corrected chi connectivity index (χ1v) is 10.5. The minimum atomic E-state index is -1.65. The van der Waals surface area contributed by atoms with E-state index in [1.54, 1.807) is 11.8 Å². The highest BCUT2D eigenvalue weighted by Crippen LogP contribution is 2.29. The third-order valence-electron chi connectivity index (χ3n) is 5.64. The van der Waals surface area contributed by atoms with Crippen molar-refractivity contribution in [3.8, 4) is 0 Å². The number of fused-ring (bicyclic) bond motifs is 1. The summed E-state index contributed by atoms with van der Waals surface area (Å²) in [7, 11) is 0. The van der Waals surface area contributed by atoms with Crippen LogP contribution in [-0.2, 0) is 35.0 Å². The van der Waals surface area contributed by atoms with Gasteiger partial charge in [0.05, 0.1) is 26.4 Å². The third kappa shape index (κ3) is 4.40. The molecule has 2 fully saturated rings. The predicted molar refractivity (Wildman–Crippen MR) is 112 cm³/mol. The van der Waals surface area contributed by atoms with E-state index in [9.17, 15) is 14.4 Å². The Hall–Kier alpha value is -2.97. The lowest BCUT2D eigenvalue weighted by atomic mass is 9.97. The van der Waals surface area contributed by atoms with Gasteiger partial charge in [-0.3, -0.25) is 9.59 Å². The average molecular weight is 426 g/mol. The molecule has 0 aromatic heterocycles. The van der Waals surface area contributed by atoms with E-state index in [0.717, 1.165) is 16.3 Å². The van der Waals surface area contributed by atoms with Gasteiger partial charge in [0.2, 0.25) is 5.91 Å². The van der Waals surface area contributed by atoms with Crippen molar-refractivity contribution in [3.63, 3.8) is 0 Å². The number of morpholine rings is 1. The minimum absolute atomic E-state index is 0.0512. The first kappa shape index (κ1) is 21.3. The van der Waals surface area contributed by atoms with Crippen molar-refractivity contribution in [1.82, 2.24) is 10.2 Å². The van der Waals surface area contributed by atoms with Gasteiger partial charge >= 0.3 is 5.97 Å². The molecule has 0 aliphatic carbocycles.